The third-order valence-corrected chi connectivity index (χ3v) is 1.51. The maximum absolute atomic E-state index is 11.6. The van der Waals surface area contributed by atoms with Crippen molar-refractivity contribution in [1.29, 1.82) is 0 Å². The molecule has 0 atom stereocenters. The normalized spacial score (nSPS) is 12.3. The van der Waals surface area contributed by atoms with Gasteiger partial charge in [0.15, 0.2) is 0 Å². The van der Waals surface area contributed by atoms with Gasteiger partial charge in [0.25, 0.3) is 0 Å². The lowest BCUT2D eigenvalue weighted by molar-refractivity contribution is -0.170. The van der Waals surface area contributed by atoms with Crippen LogP contribution in [-0.4, -0.2) is 12.0 Å². The first-order valence-electron chi connectivity index (χ1n) is 4.23. The predicted octanol–water partition coefficient (Wildman–Crippen LogP) is 3.25. The molecule has 0 bridgehead atoms. The van der Waals surface area contributed by atoms with E-state index in [2.05, 4.69) is 0 Å². The Hall–Kier alpha value is -0.800. The van der Waals surface area contributed by atoms with Crippen molar-refractivity contribution in [1.82, 2.24) is 0 Å². The summed E-state index contributed by atoms with van der Waals surface area (Å²) < 4.78 is 34.9. The van der Waals surface area contributed by atoms with Crippen molar-refractivity contribution in [2.24, 2.45) is 0 Å². The van der Waals surface area contributed by atoms with E-state index < -0.39 is 18.4 Å². The second-order valence-electron chi connectivity index (χ2n) is 2.74. The van der Waals surface area contributed by atoms with Gasteiger partial charge in [-0.25, -0.2) is 0 Å². The molecule has 0 aliphatic carbocycles. The number of alkyl halides is 3. The number of hydrogen-bond acceptors (Lipinski definition) is 1. The minimum Gasteiger partial charge on any atom is -0.289 e. The summed E-state index contributed by atoms with van der Waals surface area (Å²) >= 11 is 0. The van der Waals surface area contributed by atoms with Gasteiger partial charge in [-0.3, -0.25) is 4.79 Å². The number of rotatable bonds is 5. The van der Waals surface area contributed by atoms with Gasteiger partial charge in [-0.2, -0.15) is 13.2 Å². The largest absolute Gasteiger partial charge is 0.450 e. The van der Waals surface area contributed by atoms with Crippen LogP contribution in [0.2, 0.25) is 0 Å². The van der Waals surface area contributed by atoms with E-state index in [9.17, 15) is 18.0 Å². The average Bonchev–Trinajstić information content (AvgIpc) is 2.02. The van der Waals surface area contributed by atoms with Crippen LogP contribution in [0.25, 0.3) is 0 Å². The summed E-state index contributed by atoms with van der Waals surface area (Å²) in [6.07, 6.45) is 0.358. The molecule has 13 heavy (non-hydrogen) atoms. The molecule has 0 aromatic carbocycles. The molecular formula is C9H13F3O. The summed E-state index contributed by atoms with van der Waals surface area (Å²) in [7, 11) is 0. The fourth-order valence-electron chi connectivity index (χ4n) is 0.746. The fourth-order valence-corrected chi connectivity index (χ4v) is 0.746. The van der Waals surface area contributed by atoms with Crippen molar-refractivity contribution in [2.75, 3.05) is 0 Å². The number of allylic oxidation sites excluding steroid dienone is 2. The molecule has 0 spiro atoms. The van der Waals surface area contributed by atoms with Crippen molar-refractivity contribution < 1.29 is 18.0 Å². The standard InChI is InChI=1S/C9H13F3O/c1-2-3-4-5-6-7-8(13)9(10,11)12/h5-6H,2-4,7H2,1H3. The summed E-state index contributed by atoms with van der Waals surface area (Å²) in [5, 5.41) is 0. The van der Waals surface area contributed by atoms with E-state index in [1.807, 2.05) is 6.92 Å². The maximum atomic E-state index is 11.6. The zero-order chi connectivity index (χ0) is 10.3. The Bertz CT molecular complexity index is 182. The minimum atomic E-state index is -4.69. The molecule has 0 saturated heterocycles. The van der Waals surface area contributed by atoms with Gasteiger partial charge in [-0.15, -0.1) is 0 Å². The number of unbranched alkanes of at least 4 members (excludes halogenated alkanes) is 2. The van der Waals surface area contributed by atoms with Crippen LogP contribution in [0.4, 0.5) is 13.2 Å². The third kappa shape index (κ3) is 6.37. The Morgan fingerprint density at radius 3 is 2.38 bits per heavy atom. The zero-order valence-corrected chi connectivity index (χ0v) is 7.53. The Morgan fingerprint density at radius 1 is 1.31 bits per heavy atom. The maximum Gasteiger partial charge on any atom is 0.450 e. The van der Waals surface area contributed by atoms with Gasteiger partial charge >= 0.3 is 6.18 Å². The highest BCUT2D eigenvalue weighted by atomic mass is 19.4. The number of halogens is 3. The quantitative estimate of drug-likeness (QED) is 0.485. The highest BCUT2D eigenvalue weighted by Crippen LogP contribution is 2.17. The number of carbonyl (C=O) groups is 1. The molecule has 0 radical (unpaired) electrons. The predicted molar refractivity (Wildman–Crippen MR) is 44.3 cm³/mol. The van der Waals surface area contributed by atoms with Crippen LogP contribution in [0.3, 0.4) is 0 Å². The van der Waals surface area contributed by atoms with Crippen LogP contribution in [0.15, 0.2) is 12.2 Å². The molecule has 0 fully saturated rings. The monoisotopic (exact) mass is 194 g/mol. The Balaban J connectivity index is 3.64. The summed E-state index contributed by atoms with van der Waals surface area (Å²) in [6.45, 7) is 1.99. The summed E-state index contributed by atoms with van der Waals surface area (Å²) in [6, 6.07) is 0. The molecule has 0 rings (SSSR count). The molecular weight excluding hydrogens is 181 g/mol. The van der Waals surface area contributed by atoms with E-state index in [1.54, 1.807) is 6.08 Å². The van der Waals surface area contributed by atoms with E-state index in [4.69, 9.17) is 0 Å². The summed E-state index contributed by atoms with van der Waals surface area (Å²) in [5.74, 6) is -1.68. The van der Waals surface area contributed by atoms with E-state index in [-0.39, 0.29) is 0 Å². The van der Waals surface area contributed by atoms with E-state index >= 15 is 0 Å². The van der Waals surface area contributed by atoms with Crippen LogP contribution < -0.4 is 0 Å². The van der Waals surface area contributed by atoms with Crippen molar-refractivity contribution in [3.63, 3.8) is 0 Å². The number of Topliss-reactive ketones (excluding diaryl/α,β-unsaturated/α-hetero) is 1. The van der Waals surface area contributed by atoms with Gasteiger partial charge in [0.2, 0.25) is 5.78 Å². The summed E-state index contributed by atoms with van der Waals surface area (Å²) in [5.41, 5.74) is 0. The highest BCUT2D eigenvalue weighted by molar-refractivity contribution is 5.85. The lowest BCUT2D eigenvalue weighted by atomic mass is 10.2. The van der Waals surface area contributed by atoms with Gasteiger partial charge < -0.3 is 0 Å². The Labute approximate surface area is 75.6 Å². The second-order valence-corrected chi connectivity index (χ2v) is 2.74. The number of carbonyl (C=O) groups excluding carboxylic acids is 1. The van der Waals surface area contributed by atoms with E-state index in [0.717, 1.165) is 19.3 Å². The zero-order valence-electron chi connectivity index (χ0n) is 7.53. The number of ketones is 1. The van der Waals surface area contributed by atoms with Gasteiger partial charge in [-0.05, 0) is 6.42 Å². The molecule has 76 valence electrons. The van der Waals surface area contributed by atoms with Crippen LogP contribution in [0, 0.1) is 0 Å². The lowest BCUT2D eigenvalue weighted by Crippen LogP contribution is -2.21. The van der Waals surface area contributed by atoms with Gasteiger partial charge in [-0.1, -0.05) is 31.9 Å². The molecule has 1 nitrogen and oxygen atoms in total. The molecule has 0 unspecified atom stereocenters. The molecule has 4 heteroatoms. The smallest absolute Gasteiger partial charge is 0.289 e. The highest BCUT2D eigenvalue weighted by Gasteiger charge is 2.36. The molecule has 0 aliphatic heterocycles. The fraction of sp³-hybridized carbons (Fsp3) is 0.667. The van der Waals surface area contributed by atoms with Gasteiger partial charge in [0.1, 0.15) is 0 Å². The minimum absolute atomic E-state index is 0.535. The van der Waals surface area contributed by atoms with Crippen molar-refractivity contribution >= 4 is 5.78 Å². The topological polar surface area (TPSA) is 17.1 Å². The first-order chi connectivity index (χ1) is 5.98. The van der Waals surface area contributed by atoms with Crippen LogP contribution in [0.5, 0.6) is 0 Å². The van der Waals surface area contributed by atoms with Crippen LogP contribution in [0.1, 0.15) is 32.6 Å². The average molecular weight is 194 g/mol. The lowest BCUT2D eigenvalue weighted by Gasteiger charge is -2.00. The van der Waals surface area contributed by atoms with E-state index in [1.165, 1.54) is 6.08 Å². The molecule has 0 aromatic heterocycles. The Kier molecular flexibility index (Phi) is 5.42. The molecule has 0 aliphatic rings. The van der Waals surface area contributed by atoms with Crippen molar-refractivity contribution in [3.05, 3.63) is 12.2 Å². The van der Waals surface area contributed by atoms with E-state index in [0.29, 0.717) is 0 Å². The number of hydrogen-bond donors (Lipinski definition) is 0. The van der Waals surface area contributed by atoms with Gasteiger partial charge in [0, 0.05) is 6.42 Å². The van der Waals surface area contributed by atoms with Crippen molar-refractivity contribution in [2.45, 2.75) is 38.8 Å². The molecule has 0 saturated carbocycles. The molecule has 0 heterocycles. The van der Waals surface area contributed by atoms with Crippen LogP contribution >= 0.6 is 0 Å². The second kappa shape index (κ2) is 5.78. The molecule has 0 aromatic rings. The van der Waals surface area contributed by atoms with Crippen molar-refractivity contribution in [3.8, 4) is 0 Å². The first kappa shape index (κ1) is 12.2. The third-order valence-electron chi connectivity index (χ3n) is 1.51. The molecule has 0 N–H and O–H groups in total. The first-order valence-corrected chi connectivity index (χ1v) is 4.23. The molecule has 0 amide bonds. The SMILES string of the molecule is CCCCC=CCC(=O)C(F)(F)F. The van der Waals surface area contributed by atoms with Gasteiger partial charge in [0.05, 0.1) is 0 Å². The van der Waals surface area contributed by atoms with Crippen LogP contribution in [-0.2, 0) is 4.79 Å². The Morgan fingerprint density at radius 2 is 1.92 bits per heavy atom. The summed E-state index contributed by atoms with van der Waals surface area (Å²) in [4.78, 5) is 10.3.